The van der Waals surface area contributed by atoms with E-state index in [1.807, 2.05) is 43.4 Å². The van der Waals surface area contributed by atoms with Crippen LogP contribution in [0.4, 0.5) is 5.69 Å². The van der Waals surface area contributed by atoms with Crippen LogP contribution in [0, 0.1) is 0 Å². The van der Waals surface area contributed by atoms with Crippen LogP contribution in [0.15, 0.2) is 42.6 Å². The van der Waals surface area contributed by atoms with E-state index in [2.05, 4.69) is 17.2 Å². The van der Waals surface area contributed by atoms with Gasteiger partial charge in [-0.25, -0.2) is 4.98 Å². The Morgan fingerprint density at radius 2 is 1.95 bits per heavy atom. The van der Waals surface area contributed by atoms with E-state index < -0.39 is 0 Å². The number of rotatable bonds is 6. The molecule has 0 spiro atoms. The summed E-state index contributed by atoms with van der Waals surface area (Å²) in [5.41, 5.74) is 1.04. The van der Waals surface area contributed by atoms with Crippen LogP contribution < -0.4 is 14.8 Å². The lowest BCUT2D eigenvalue weighted by Gasteiger charge is -2.10. The largest absolute Gasteiger partial charge is 0.488 e. The molecule has 2 rings (SSSR count). The van der Waals surface area contributed by atoms with Crippen LogP contribution in [0.2, 0.25) is 0 Å². The molecule has 19 heavy (non-hydrogen) atoms. The van der Waals surface area contributed by atoms with Crippen molar-refractivity contribution in [1.29, 1.82) is 0 Å². The third-order valence-electron chi connectivity index (χ3n) is 2.56. The number of hydrogen-bond acceptors (Lipinski definition) is 4. The lowest BCUT2D eigenvalue weighted by atomic mass is 10.3. The molecule has 0 aliphatic rings. The van der Waals surface area contributed by atoms with Gasteiger partial charge in [-0.1, -0.05) is 6.92 Å². The second-order valence-corrected chi connectivity index (χ2v) is 4.03. The molecule has 0 amide bonds. The molecule has 0 aliphatic carbocycles. The molecule has 1 heterocycles. The number of anilines is 1. The van der Waals surface area contributed by atoms with Gasteiger partial charge in [0.15, 0.2) is 5.75 Å². The highest BCUT2D eigenvalue weighted by atomic mass is 16.5. The van der Waals surface area contributed by atoms with Crippen LogP contribution >= 0.6 is 0 Å². The fraction of sp³-hybridized carbons (Fsp3) is 0.267. The Morgan fingerprint density at radius 1 is 1.16 bits per heavy atom. The highest BCUT2D eigenvalue weighted by Gasteiger charge is 2.06. The van der Waals surface area contributed by atoms with Gasteiger partial charge < -0.3 is 14.8 Å². The zero-order valence-corrected chi connectivity index (χ0v) is 11.2. The minimum absolute atomic E-state index is 0.494. The van der Waals surface area contributed by atoms with Crippen molar-refractivity contribution in [3.8, 4) is 17.4 Å². The van der Waals surface area contributed by atoms with Gasteiger partial charge in [-0.3, -0.25) is 0 Å². The highest BCUT2D eigenvalue weighted by molar-refractivity contribution is 5.47. The van der Waals surface area contributed by atoms with Crippen LogP contribution in [0.5, 0.6) is 17.4 Å². The fourth-order valence-corrected chi connectivity index (χ4v) is 1.58. The second-order valence-electron chi connectivity index (χ2n) is 4.03. The van der Waals surface area contributed by atoms with Crippen LogP contribution in [0.25, 0.3) is 0 Å². The van der Waals surface area contributed by atoms with E-state index in [4.69, 9.17) is 9.47 Å². The quantitative estimate of drug-likeness (QED) is 0.857. The van der Waals surface area contributed by atoms with E-state index >= 15 is 0 Å². The predicted molar refractivity (Wildman–Crippen MR) is 76.1 cm³/mol. The summed E-state index contributed by atoms with van der Waals surface area (Å²) in [6, 6.07) is 11.4. The van der Waals surface area contributed by atoms with Crippen LogP contribution in [0.1, 0.15) is 13.3 Å². The maximum Gasteiger partial charge on any atom is 0.262 e. The number of aromatic nitrogens is 1. The smallest absolute Gasteiger partial charge is 0.262 e. The summed E-state index contributed by atoms with van der Waals surface area (Å²) in [4.78, 5) is 4.21. The third kappa shape index (κ3) is 3.61. The average Bonchev–Trinajstić information content (AvgIpc) is 2.47. The molecule has 0 fully saturated rings. The van der Waals surface area contributed by atoms with Gasteiger partial charge >= 0.3 is 0 Å². The number of nitrogens with zero attached hydrogens (tertiary/aromatic N) is 1. The first-order valence-electron chi connectivity index (χ1n) is 6.37. The molecule has 0 saturated carbocycles. The van der Waals surface area contributed by atoms with Crippen LogP contribution in [-0.4, -0.2) is 18.6 Å². The second kappa shape index (κ2) is 6.64. The molecule has 1 N–H and O–H groups in total. The molecular weight excluding hydrogens is 240 g/mol. The normalized spacial score (nSPS) is 10.0. The summed E-state index contributed by atoms with van der Waals surface area (Å²) in [7, 11) is 1.88. The van der Waals surface area contributed by atoms with E-state index in [0.29, 0.717) is 18.2 Å². The molecule has 100 valence electrons. The van der Waals surface area contributed by atoms with Crippen molar-refractivity contribution >= 4 is 5.69 Å². The van der Waals surface area contributed by atoms with Gasteiger partial charge in [0.25, 0.3) is 5.88 Å². The molecule has 0 bridgehead atoms. The molecule has 0 aliphatic heterocycles. The van der Waals surface area contributed by atoms with Crippen LogP contribution in [0.3, 0.4) is 0 Å². The van der Waals surface area contributed by atoms with Gasteiger partial charge in [-0.05, 0) is 42.8 Å². The molecule has 0 radical (unpaired) electrons. The zero-order chi connectivity index (χ0) is 13.5. The number of nitrogens with one attached hydrogen (secondary N) is 1. The Hall–Kier alpha value is -2.23. The number of pyridine rings is 1. The van der Waals surface area contributed by atoms with Crippen molar-refractivity contribution in [3.63, 3.8) is 0 Å². The van der Waals surface area contributed by atoms with E-state index in [-0.39, 0.29) is 0 Å². The number of benzene rings is 1. The Kier molecular flexibility index (Phi) is 4.61. The molecule has 0 unspecified atom stereocenters. The highest BCUT2D eigenvalue weighted by Crippen LogP contribution is 2.29. The van der Waals surface area contributed by atoms with Crippen molar-refractivity contribution in [3.05, 3.63) is 42.6 Å². The predicted octanol–water partition coefficient (Wildman–Crippen LogP) is 3.70. The number of ether oxygens (including phenoxy) is 2. The molecular formula is C15H18N2O2. The van der Waals surface area contributed by atoms with Crippen molar-refractivity contribution in [2.24, 2.45) is 0 Å². The molecule has 0 saturated heterocycles. The lowest BCUT2D eigenvalue weighted by Crippen LogP contribution is -1.98. The first kappa shape index (κ1) is 13.2. The van der Waals surface area contributed by atoms with E-state index in [9.17, 15) is 0 Å². The summed E-state index contributed by atoms with van der Waals surface area (Å²) in [5.74, 6) is 1.90. The summed E-state index contributed by atoms with van der Waals surface area (Å²) in [6.45, 7) is 2.72. The van der Waals surface area contributed by atoms with Crippen molar-refractivity contribution in [1.82, 2.24) is 4.98 Å². The summed E-state index contributed by atoms with van der Waals surface area (Å²) >= 11 is 0. The zero-order valence-electron chi connectivity index (χ0n) is 11.2. The minimum atomic E-state index is 0.494. The van der Waals surface area contributed by atoms with Gasteiger partial charge in [-0.15, -0.1) is 0 Å². The maximum atomic E-state index is 5.74. The number of hydrogen-bond donors (Lipinski definition) is 1. The van der Waals surface area contributed by atoms with E-state index in [1.54, 1.807) is 6.20 Å². The first-order chi connectivity index (χ1) is 9.33. The average molecular weight is 258 g/mol. The maximum absolute atomic E-state index is 5.74. The molecule has 1 aromatic heterocycles. The Bertz CT molecular complexity index is 512. The monoisotopic (exact) mass is 258 g/mol. The Morgan fingerprint density at radius 3 is 2.63 bits per heavy atom. The fourth-order valence-electron chi connectivity index (χ4n) is 1.58. The summed E-state index contributed by atoms with van der Waals surface area (Å²) in [6.07, 6.45) is 2.64. The molecule has 2 aromatic rings. The van der Waals surface area contributed by atoms with Crippen LogP contribution in [-0.2, 0) is 0 Å². The van der Waals surface area contributed by atoms with E-state index in [1.165, 1.54) is 0 Å². The first-order valence-corrected chi connectivity index (χ1v) is 6.37. The van der Waals surface area contributed by atoms with E-state index in [0.717, 1.165) is 17.9 Å². The third-order valence-corrected chi connectivity index (χ3v) is 2.56. The Labute approximate surface area is 113 Å². The Balaban J connectivity index is 2.12. The van der Waals surface area contributed by atoms with Crippen molar-refractivity contribution < 1.29 is 9.47 Å². The SMILES string of the molecule is CCCOc1cccnc1Oc1ccc(NC)cc1. The molecule has 4 heteroatoms. The van der Waals surface area contributed by atoms with Crippen molar-refractivity contribution in [2.75, 3.05) is 19.0 Å². The van der Waals surface area contributed by atoms with Gasteiger partial charge in [0.05, 0.1) is 6.61 Å². The standard InChI is InChI=1S/C15H18N2O2/c1-3-11-18-14-5-4-10-17-15(14)19-13-8-6-12(16-2)7-9-13/h4-10,16H,3,11H2,1-2H3. The van der Waals surface area contributed by atoms with Gasteiger partial charge in [0, 0.05) is 18.9 Å². The van der Waals surface area contributed by atoms with Crippen molar-refractivity contribution in [2.45, 2.75) is 13.3 Å². The van der Waals surface area contributed by atoms with Gasteiger partial charge in [-0.2, -0.15) is 0 Å². The topological polar surface area (TPSA) is 43.4 Å². The summed E-state index contributed by atoms with van der Waals surface area (Å²) < 4.78 is 11.3. The van der Waals surface area contributed by atoms with Gasteiger partial charge in [0.1, 0.15) is 5.75 Å². The van der Waals surface area contributed by atoms with Gasteiger partial charge in [0.2, 0.25) is 0 Å². The minimum Gasteiger partial charge on any atom is -0.488 e. The molecule has 1 aromatic carbocycles. The molecule has 0 atom stereocenters. The molecule has 4 nitrogen and oxygen atoms in total. The summed E-state index contributed by atoms with van der Waals surface area (Å²) in [5, 5.41) is 3.06. The lowest BCUT2D eigenvalue weighted by molar-refractivity contribution is 0.298.